The Hall–Kier alpha value is -1.36. The molecule has 1 aliphatic rings. The number of aromatic nitrogens is 2. The molecule has 1 atom stereocenters. The van der Waals surface area contributed by atoms with Crippen molar-refractivity contribution in [3.63, 3.8) is 0 Å². The maximum atomic E-state index is 11.6. The lowest BCUT2D eigenvalue weighted by Crippen LogP contribution is -2.31. The highest BCUT2D eigenvalue weighted by molar-refractivity contribution is 5.03. The van der Waals surface area contributed by atoms with Crippen molar-refractivity contribution in [2.45, 2.75) is 19.3 Å². The van der Waals surface area contributed by atoms with Gasteiger partial charge in [-0.15, -0.1) is 0 Å². The van der Waals surface area contributed by atoms with Crippen molar-refractivity contribution in [3.8, 4) is 5.88 Å². The van der Waals surface area contributed by atoms with Gasteiger partial charge in [-0.05, 0) is 38.3 Å². The van der Waals surface area contributed by atoms with Crippen LogP contribution in [0.25, 0.3) is 0 Å². The molecule has 0 spiro atoms. The molecule has 0 aliphatic carbocycles. The molecule has 1 fully saturated rings. The zero-order valence-corrected chi connectivity index (χ0v) is 10.2. The van der Waals surface area contributed by atoms with Gasteiger partial charge >= 0.3 is 5.56 Å². The van der Waals surface area contributed by atoms with E-state index in [1.165, 1.54) is 17.4 Å². The quantitative estimate of drug-likeness (QED) is 0.831. The number of aryl methyl sites for hydroxylation is 1. The minimum atomic E-state index is -0.172. The fourth-order valence-corrected chi connectivity index (χ4v) is 2.07. The molecule has 0 aromatic carbocycles. The van der Waals surface area contributed by atoms with Gasteiger partial charge in [-0.1, -0.05) is 0 Å². The monoisotopic (exact) mass is 237 g/mol. The average molecular weight is 237 g/mol. The first-order chi connectivity index (χ1) is 8.27. The van der Waals surface area contributed by atoms with Gasteiger partial charge in [0.1, 0.15) is 0 Å². The molecule has 1 aliphatic heterocycles. The zero-order chi connectivity index (χ0) is 12.1. The van der Waals surface area contributed by atoms with Crippen molar-refractivity contribution in [2.75, 3.05) is 19.7 Å². The summed E-state index contributed by atoms with van der Waals surface area (Å²) >= 11 is 0. The van der Waals surface area contributed by atoms with E-state index in [4.69, 9.17) is 4.74 Å². The molecule has 5 heteroatoms. The lowest BCUT2D eigenvalue weighted by molar-refractivity contribution is 0.243. The maximum absolute atomic E-state index is 11.6. The standard InChI is InChI=1S/C12H19N3O2/c1-15-7-6-14-11(12(15)16)17-8-4-10-3-2-5-13-9-10/h6-7,10,13H,2-5,8-9H2,1H3. The Morgan fingerprint density at radius 1 is 1.65 bits per heavy atom. The summed E-state index contributed by atoms with van der Waals surface area (Å²) in [5.41, 5.74) is -0.172. The third kappa shape index (κ3) is 3.30. The van der Waals surface area contributed by atoms with E-state index in [9.17, 15) is 4.79 Å². The lowest BCUT2D eigenvalue weighted by Gasteiger charge is -2.22. The van der Waals surface area contributed by atoms with Gasteiger partial charge in [-0.2, -0.15) is 0 Å². The highest BCUT2D eigenvalue weighted by Gasteiger charge is 2.13. The van der Waals surface area contributed by atoms with Crippen LogP contribution in [0.2, 0.25) is 0 Å². The van der Waals surface area contributed by atoms with Crippen LogP contribution in [0.15, 0.2) is 17.2 Å². The molecule has 17 heavy (non-hydrogen) atoms. The van der Waals surface area contributed by atoms with Crippen molar-refractivity contribution in [1.29, 1.82) is 0 Å². The Morgan fingerprint density at radius 2 is 2.53 bits per heavy atom. The van der Waals surface area contributed by atoms with Crippen LogP contribution in [0.5, 0.6) is 5.88 Å². The molecule has 1 aromatic heterocycles. The fraction of sp³-hybridized carbons (Fsp3) is 0.667. The number of rotatable bonds is 4. The summed E-state index contributed by atoms with van der Waals surface area (Å²) in [6.07, 6.45) is 6.67. The lowest BCUT2D eigenvalue weighted by atomic mass is 9.97. The molecule has 0 bridgehead atoms. The van der Waals surface area contributed by atoms with Crippen LogP contribution in [0, 0.1) is 5.92 Å². The van der Waals surface area contributed by atoms with Crippen LogP contribution < -0.4 is 15.6 Å². The van der Waals surface area contributed by atoms with Crippen molar-refractivity contribution < 1.29 is 4.74 Å². The largest absolute Gasteiger partial charge is 0.474 e. The molecule has 1 unspecified atom stereocenters. The molecule has 94 valence electrons. The third-order valence-corrected chi connectivity index (χ3v) is 3.15. The van der Waals surface area contributed by atoms with E-state index in [1.54, 1.807) is 19.4 Å². The fourth-order valence-electron chi connectivity index (χ4n) is 2.07. The predicted octanol–water partition coefficient (Wildman–Crippen LogP) is 0.549. The molecule has 0 radical (unpaired) electrons. The van der Waals surface area contributed by atoms with Gasteiger partial charge < -0.3 is 14.6 Å². The van der Waals surface area contributed by atoms with E-state index in [0.717, 1.165) is 19.5 Å². The molecular weight excluding hydrogens is 218 g/mol. The number of nitrogens with one attached hydrogen (secondary N) is 1. The van der Waals surface area contributed by atoms with Crippen LogP contribution in [0.4, 0.5) is 0 Å². The van der Waals surface area contributed by atoms with Crippen LogP contribution in [0.1, 0.15) is 19.3 Å². The van der Waals surface area contributed by atoms with Crippen LogP contribution >= 0.6 is 0 Å². The van der Waals surface area contributed by atoms with Crippen molar-refractivity contribution in [2.24, 2.45) is 13.0 Å². The average Bonchev–Trinajstić information content (AvgIpc) is 2.36. The van der Waals surface area contributed by atoms with Gasteiger partial charge in [0.05, 0.1) is 6.61 Å². The maximum Gasteiger partial charge on any atom is 0.313 e. The van der Waals surface area contributed by atoms with Gasteiger partial charge in [0.2, 0.25) is 0 Å². The number of ether oxygens (including phenoxy) is 1. The Balaban J connectivity index is 1.81. The highest BCUT2D eigenvalue weighted by atomic mass is 16.5. The first-order valence-corrected chi connectivity index (χ1v) is 6.12. The SMILES string of the molecule is Cn1ccnc(OCCC2CCCNC2)c1=O. The molecule has 2 rings (SSSR count). The van der Waals surface area contributed by atoms with Crippen LogP contribution in [-0.2, 0) is 7.05 Å². The third-order valence-electron chi connectivity index (χ3n) is 3.15. The summed E-state index contributed by atoms with van der Waals surface area (Å²) in [5, 5.41) is 3.37. The predicted molar refractivity (Wildman–Crippen MR) is 65.2 cm³/mol. The molecular formula is C12H19N3O2. The van der Waals surface area contributed by atoms with E-state index in [-0.39, 0.29) is 11.4 Å². The van der Waals surface area contributed by atoms with Crippen LogP contribution in [-0.4, -0.2) is 29.2 Å². The number of hydrogen-bond donors (Lipinski definition) is 1. The first kappa shape index (κ1) is 12.1. The summed E-state index contributed by atoms with van der Waals surface area (Å²) in [4.78, 5) is 15.6. The summed E-state index contributed by atoms with van der Waals surface area (Å²) in [5.74, 6) is 0.870. The molecule has 2 heterocycles. The van der Waals surface area contributed by atoms with E-state index in [0.29, 0.717) is 12.5 Å². The van der Waals surface area contributed by atoms with Gasteiger partial charge in [-0.3, -0.25) is 4.79 Å². The Bertz CT molecular complexity index is 410. The summed E-state index contributed by atoms with van der Waals surface area (Å²) in [7, 11) is 1.70. The van der Waals surface area contributed by atoms with Crippen LogP contribution in [0.3, 0.4) is 0 Å². The molecule has 1 saturated heterocycles. The summed E-state index contributed by atoms with van der Waals surface area (Å²) in [6, 6.07) is 0. The van der Waals surface area contributed by atoms with E-state index < -0.39 is 0 Å². The topological polar surface area (TPSA) is 56.1 Å². The van der Waals surface area contributed by atoms with Crippen molar-refractivity contribution >= 4 is 0 Å². The van der Waals surface area contributed by atoms with E-state index >= 15 is 0 Å². The second-order valence-electron chi connectivity index (χ2n) is 4.50. The van der Waals surface area contributed by atoms with E-state index in [2.05, 4.69) is 10.3 Å². The molecule has 1 aromatic rings. The van der Waals surface area contributed by atoms with Crippen molar-refractivity contribution in [3.05, 3.63) is 22.7 Å². The molecule has 0 amide bonds. The first-order valence-electron chi connectivity index (χ1n) is 6.12. The molecule has 1 N–H and O–H groups in total. The van der Waals surface area contributed by atoms with Gasteiger partial charge in [-0.25, -0.2) is 4.98 Å². The van der Waals surface area contributed by atoms with Gasteiger partial charge in [0, 0.05) is 19.4 Å². The highest BCUT2D eigenvalue weighted by Crippen LogP contribution is 2.13. The van der Waals surface area contributed by atoms with Crippen molar-refractivity contribution in [1.82, 2.24) is 14.9 Å². The summed E-state index contributed by atoms with van der Waals surface area (Å²) in [6.45, 7) is 2.75. The second-order valence-corrected chi connectivity index (χ2v) is 4.50. The molecule has 0 saturated carbocycles. The number of nitrogens with zero attached hydrogens (tertiary/aromatic N) is 2. The smallest absolute Gasteiger partial charge is 0.313 e. The number of piperidine rings is 1. The summed E-state index contributed by atoms with van der Waals surface area (Å²) < 4.78 is 6.92. The zero-order valence-electron chi connectivity index (χ0n) is 10.2. The Morgan fingerprint density at radius 3 is 3.29 bits per heavy atom. The Labute approximate surface area is 101 Å². The second kappa shape index (κ2) is 5.82. The van der Waals surface area contributed by atoms with Gasteiger partial charge in [0.15, 0.2) is 0 Å². The minimum Gasteiger partial charge on any atom is -0.474 e. The normalized spacial score (nSPS) is 20.2. The minimum absolute atomic E-state index is 0.172. The number of hydrogen-bond acceptors (Lipinski definition) is 4. The van der Waals surface area contributed by atoms with E-state index in [1.807, 2.05) is 0 Å². The van der Waals surface area contributed by atoms with Gasteiger partial charge in [0.25, 0.3) is 5.88 Å². The molecule has 5 nitrogen and oxygen atoms in total. The Kier molecular flexibility index (Phi) is 4.14.